The molecule has 3 rings (SSSR count). The summed E-state index contributed by atoms with van der Waals surface area (Å²) in [5, 5.41) is 20.0. The topological polar surface area (TPSA) is 102 Å². The summed E-state index contributed by atoms with van der Waals surface area (Å²) in [6.45, 7) is 3.64. The summed E-state index contributed by atoms with van der Waals surface area (Å²) in [5.41, 5.74) is 6.82. The summed E-state index contributed by atoms with van der Waals surface area (Å²) < 4.78 is 11.6. The number of aromatic hydroxyl groups is 1. The molecule has 1 fully saturated rings. The molecule has 24 heavy (non-hydrogen) atoms. The lowest BCUT2D eigenvalue weighted by Gasteiger charge is -2.40. The number of rotatable bonds is 3. The summed E-state index contributed by atoms with van der Waals surface area (Å²) >= 11 is 0. The van der Waals surface area contributed by atoms with Crippen LogP contribution < -0.4 is 5.73 Å². The molecule has 0 amide bonds. The predicted octanol–water partition coefficient (Wildman–Crippen LogP) is 1.43. The van der Waals surface area contributed by atoms with Crippen LogP contribution in [0.5, 0.6) is 5.75 Å². The summed E-state index contributed by atoms with van der Waals surface area (Å²) in [6, 6.07) is 5.22. The Morgan fingerprint density at radius 2 is 2.21 bits per heavy atom. The number of fused-ring (bicyclic) bond motifs is 1. The van der Waals surface area contributed by atoms with Crippen LogP contribution >= 0.6 is 0 Å². The molecular formula is C18H25NO5. The van der Waals surface area contributed by atoms with E-state index in [0.29, 0.717) is 24.8 Å². The first kappa shape index (κ1) is 17.4. The highest BCUT2D eigenvalue weighted by molar-refractivity contribution is 5.86. The highest BCUT2D eigenvalue weighted by Gasteiger charge is 2.43. The zero-order valence-corrected chi connectivity index (χ0v) is 14.1. The van der Waals surface area contributed by atoms with Gasteiger partial charge in [-0.05, 0) is 30.9 Å². The van der Waals surface area contributed by atoms with Crippen molar-refractivity contribution in [1.82, 2.24) is 0 Å². The standard InChI is InChI=1S/C18H25NO5/c1-10-6-16(23-9-14(10)22)24-15-8-18(19,11(2)20)7-12-4-3-5-13(21)17(12)15/h3-5,10,14-16,21-22H,6-9,19H2,1-2H3. The molecule has 1 aliphatic carbocycles. The van der Waals surface area contributed by atoms with Crippen LogP contribution in [-0.2, 0) is 20.7 Å². The van der Waals surface area contributed by atoms with Crippen molar-refractivity contribution >= 4 is 5.78 Å². The molecule has 132 valence electrons. The van der Waals surface area contributed by atoms with Crippen LogP contribution in [-0.4, -0.2) is 40.5 Å². The molecule has 6 heteroatoms. The first-order chi connectivity index (χ1) is 11.3. The van der Waals surface area contributed by atoms with Gasteiger partial charge in [-0.3, -0.25) is 4.79 Å². The third-order valence-electron chi connectivity index (χ3n) is 5.24. The molecule has 6 nitrogen and oxygen atoms in total. The molecule has 1 aromatic rings. The molecule has 0 saturated carbocycles. The lowest BCUT2D eigenvalue weighted by atomic mass is 9.74. The molecular weight excluding hydrogens is 310 g/mol. The maximum absolute atomic E-state index is 12.0. The number of ketones is 1. The summed E-state index contributed by atoms with van der Waals surface area (Å²) in [4.78, 5) is 12.0. The maximum Gasteiger partial charge on any atom is 0.158 e. The zero-order valence-electron chi connectivity index (χ0n) is 14.1. The zero-order chi connectivity index (χ0) is 17.5. The molecule has 5 unspecified atom stereocenters. The number of benzene rings is 1. The minimum atomic E-state index is -1.01. The van der Waals surface area contributed by atoms with Crippen molar-refractivity contribution in [2.45, 2.75) is 57.1 Å². The van der Waals surface area contributed by atoms with Gasteiger partial charge >= 0.3 is 0 Å². The SMILES string of the molecule is CC(=O)C1(N)Cc2cccc(O)c2C(OC2CC(C)C(O)CO2)C1. The van der Waals surface area contributed by atoms with Crippen molar-refractivity contribution in [2.24, 2.45) is 11.7 Å². The number of hydrogen-bond acceptors (Lipinski definition) is 6. The monoisotopic (exact) mass is 335 g/mol. The van der Waals surface area contributed by atoms with Crippen molar-refractivity contribution in [3.8, 4) is 5.75 Å². The van der Waals surface area contributed by atoms with Crippen molar-refractivity contribution < 1.29 is 24.5 Å². The Labute approximate surface area is 141 Å². The van der Waals surface area contributed by atoms with Gasteiger partial charge in [0.25, 0.3) is 0 Å². The molecule has 1 heterocycles. The summed E-state index contributed by atoms with van der Waals surface area (Å²) in [7, 11) is 0. The van der Waals surface area contributed by atoms with Gasteiger partial charge in [0.15, 0.2) is 6.29 Å². The minimum Gasteiger partial charge on any atom is -0.508 e. The molecule has 2 aliphatic rings. The van der Waals surface area contributed by atoms with Crippen LogP contribution in [0.1, 0.15) is 43.9 Å². The first-order valence-electron chi connectivity index (χ1n) is 8.36. The quantitative estimate of drug-likeness (QED) is 0.772. The Bertz CT molecular complexity index is 634. The number of carbonyl (C=O) groups excluding carboxylic acids is 1. The van der Waals surface area contributed by atoms with Gasteiger partial charge in [-0.15, -0.1) is 0 Å². The minimum absolute atomic E-state index is 0.0617. The molecule has 1 aromatic carbocycles. The number of hydrogen-bond donors (Lipinski definition) is 3. The van der Waals surface area contributed by atoms with Gasteiger partial charge in [0, 0.05) is 18.4 Å². The van der Waals surface area contributed by atoms with E-state index in [9.17, 15) is 15.0 Å². The second kappa shape index (κ2) is 6.44. The molecule has 4 N–H and O–H groups in total. The molecule has 1 saturated heterocycles. The number of aliphatic hydroxyl groups excluding tert-OH is 1. The maximum atomic E-state index is 12.0. The van der Waals surface area contributed by atoms with Gasteiger partial charge in [-0.2, -0.15) is 0 Å². The van der Waals surface area contributed by atoms with Crippen LogP contribution in [0.15, 0.2) is 18.2 Å². The average Bonchev–Trinajstić information content (AvgIpc) is 2.50. The Kier molecular flexibility index (Phi) is 4.66. The number of phenolic OH excluding ortho intramolecular Hbond substituents is 1. The van der Waals surface area contributed by atoms with Crippen LogP contribution in [0.25, 0.3) is 0 Å². The van der Waals surface area contributed by atoms with E-state index in [-0.39, 0.29) is 24.1 Å². The number of aliphatic hydroxyl groups is 1. The van der Waals surface area contributed by atoms with E-state index in [1.54, 1.807) is 12.1 Å². The number of carbonyl (C=O) groups is 1. The summed E-state index contributed by atoms with van der Waals surface area (Å²) in [6.07, 6.45) is -0.275. The fourth-order valence-electron chi connectivity index (χ4n) is 3.53. The van der Waals surface area contributed by atoms with E-state index in [2.05, 4.69) is 0 Å². The molecule has 0 spiro atoms. The van der Waals surface area contributed by atoms with Crippen LogP contribution in [0, 0.1) is 5.92 Å². The van der Waals surface area contributed by atoms with Gasteiger partial charge < -0.3 is 25.4 Å². The second-order valence-electron chi connectivity index (χ2n) is 7.11. The Balaban J connectivity index is 1.87. The fraction of sp³-hybridized carbons (Fsp3) is 0.611. The van der Waals surface area contributed by atoms with Crippen molar-refractivity contribution in [3.05, 3.63) is 29.3 Å². The van der Waals surface area contributed by atoms with Crippen LogP contribution in [0.3, 0.4) is 0 Å². The molecule has 0 bridgehead atoms. The Morgan fingerprint density at radius 3 is 2.88 bits per heavy atom. The third-order valence-corrected chi connectivity index (χ3v) is 5.24. The van der Waals surface area contributed by atoms with Crippen molar-refractivity contribution in [1.29, 1.82) is 0 Å². The van der Waals surface area contributed by atoms with Gasteiger partial charge in [0.1, 0.15) is 11.5 Å². The fourth-order valence-corrected chi connectivity index (χ4v) is 3.53. The van der Waals surface area contributed by atoms with E-state index >= 15 is 0 Å². The predicted molar refractivity (Wildman–Crippen MR) is 87.4 cm³/mol. The number of Topliss-reactive ketones (excluding diaryl/α,β-unsaturated/α-hetero) is 1. The first-order valence-corrected chi connectivity index (χ1v) is 8.36. The molecule has 0 radical (unpaired) electrons. The average molecular weight is 335 g/mol. The third kappa shape index (κ3) is 3.19. The van der Waals surface area contributed by atoms with E-state index in [0.717, 1.165) is 5.56 Å². The van der Waals surface area contributed by atoms with Gasteiger partial charge in [-0.25, -0.2) is 0 Å². The van der Waals surface area contributed by atoms with E-state index < -0.39 is 24.0 Å². The van der Waals surface area contributed by atoms with Crippen molar-refractivity contribution in [2.75, 3.05) is 6.61 Å². The van der Waals surface area contributed by atoms with E-state index in [1.807, 2.05) is 13.0 Å². The number of nitrogens with two attached hydrogens (primary N) is 1. The van der Waals surface area contributed by atoms with Gasteiger partial charge in [0.05, 0.1) is 24.4 Å². The van der Waals surface area contributed by atoms with Crippen LogP contribution in [0.4, 0.5) is 0 Å². The van der Waals surface area contributed by atoms with E-state index in [4.69, 9.17) is 15.2 Å². The number of ether oxygens (including phenoxy) is 2. The highest BCUT2D eigenvalue weighted by Crippen LogP contribution is 2.43. The molecule has 1 aliphatic heterocycles. The van der Waals surface area contributed by atoms with E-state index in [1.165, 1.54) is 6.92 Å². The highest BCUT2D eigenvalue weighted by atomic mass is 16.7. The largest absolute Gasteiger partial charge is 0.508 e. The molecule has 5 atom stereocenters. The van der Waals surface area contributed by atoms with Crippen molar-refractivity contribution in [3.63, 3.8) is 0 Å². The molecule has 0 aromatic heterocycles. The normalized spacial score (nSPS) is 36.2. The Hall–Kier alpha value is -1.47. The second-order valence-corrected chi connectivity index (χ2v) is 7.11. The number of phenols is 1. The van der Waals surface area contributed by atoms with Gasteiger partial charge in [-0.1, -0.05) is 19.1 Å². The van der Waals surface area contributed by atoms with Crippen LogP contribution in [0.2, 0.25) is 0 Å². The summed E-state index contributed by atoms with van der Waals surface area (Å²) in [5.74, 6) is 0.108. The smallest absolute Gasteiger partial charge is 0.158 e. The lowest BCUT2D eigenvalue weighted by molar-refractivity contribution is -0.226. The lowest BCUT2D eigenvalue weighted by Crippen LogP contribution is -2.52. The Morgan fingerprint density at radius 1 is 1.46 bits per heavy atom. The van der Waals surface area contributed by atoms with Gasteiger partial charge in [0.2, 0.25) is 0 Å².